The number of thiophene rings is 1. The van der Waals surface area contributed by atoms with E-state index in [0.29, 0.717) is 11.8 Å². The molecule has 0 fully saturated rings. The maximum absolute atomic E-state index is 9.23. The van der Waals surface area contributed by atoms with Crippen LogP contribution in [0.4, 0.5) is 0 Å². The number of rotatable bonds is 9. The third kappa shape index (κ3) is 7.27. The van der Waals surface area contributed by atoms with Crippen LogP contribution in [0, 0.1) is 11.8 Å². The SMILES string of the molecule is CCNC(=NCC(CCO)CC(C)C)N(C)Cc1ccsc1. The van der Waals surface area contributed by atoms with E-state index in [4.69, 9.17) is 4.99 Å². The molecule has 2 N–H and O–H groups in total. The van der Waals surface area contributed by atoms with Gasteiger partial charge in [0.2, 0.25) is 0 Å². The van der Waals surface area contributed by atoms with Crippen molar-refractivity contribution in [1.29, 1.82) is 0 Å². The number of aliphatic hydroxyl groups excluding tert-OH is 1. The zero-order chi connectivity index (χ0) is 16.4. The van der Waals surface area contributed by atoms with E-state index in [9.17, 15) is 5.11 Å². The summed E-state index contributed by atoms with van der Waals surface area (Å²) >= 11 is 1.72. The summed E-state index contributed by atoms with van der Waals surface area (Å²) in [5.74, 6) is 2.03. The van der Waals surface area contributed by atoms with Crippen LogP contribution in [-0.2, 0) is 6.54 Å². The number of hydrogen-bond donors (Lipinski definition) is 2. The van der Waals surface area contributed by atoms with Crippen molar-refractivity contribution in [1.82, 2.24) is 10.2 Å². The molecule has 22 heavy (non-hydrogen) atoms. The van der Waals surface area contributed by atoms with E-state index < -0.39 is 0 Å². The van der Waals surface area contributed by atoms with Crippen molar-refractivity contribution in [2.45, 2.75) is 40.2 Å². The van der Waals surface area contributed by atoms with E-state index in [2.05, 4.69) is 54.9 Å². The minimum Gasteiger partial charge on any atom is -0.396 e. The Bertz CT molecular complexity index is 418. The van der Waals surface area contributed by atoms with Gasteiger partial charge in [-0.3, -0.25) is 4.99 Å². The van der Waals surface area contributed by atoms with Crippen molar-refractivity contribution < 1.29 is 5.11 Å². The Morgan fingerprint density at radius 2 is 2.23 bits per heavy atom. The standard InChI is InChI=1S/C17H31N3OS/c1-5-18-17(20(4)12-16-7-9-22-13-16)19-11-15(6-8-21)10-14(2)3/h7,9,13-15,21H,5-6,8,10-12H2,1-4H3,(H,18,19). The van der Waals surface area contributed by atoms with Crippen molar-refractivity contribution in [2.75, 3.05) is 26.7 Å². The first-order valence-electron chi connectivity index (χ1n) is 8.18. The highest BCUT2D eigenvalue weighted by Crippen LogP contribution is 2.16. The number of guanidine groups is 1. The molecule has 0 spiro atoms. The van der Waals surface area contributed by atoms with Gasteiger partial charge in [0.25, 0.3) is 0 Å². The zero-order valence-corrected chi connectivity index (χ0v) is 15.2. The van der Waals surface area contributed by atoms with E-state index in [1.54, 1.807) is 11.3 Å². The van der Waals surface area contributed by atoms with Crippen LogP contribution < -0.4 is 5.32 Å². The molecule has 0 aliphatic heterocycles. The van der Waals surface area contributed by atoms with E-state index in [-0.39, 0.29) is 6.61 Å². The van der Waals surface area contributed by atoms with Gasteiger partial charge in [0, 0.05) is 33.3 Å². The fourth-order valence-electron chi connectivity index (χ4n) is 2.55. The molecule has 5 heteroatoms. The molecule has 0 saturated carbocycles. The van der Waals surface area contributed by atoms with Crippen LogP contribution in [0.3, 0.4) is 0 Å². The molecule has 1 atom stereocenters. The molecule has 1 unspecified atom stereocenters. The largest absolute Gasteiger partial charge is 0.396 e. The second kappa shape index (κ2) is 10.6. The first kappa shape index (κ1) is 19.0. The highest BCUT2D eigenvalue weighted by Gasteiger charge is 2.12. The summed E-state index contributed by atoms with van der Waals surface area (Å²) in [4.78, 5) is 6.95. The third-order valence-corrected chi connectivity index (χ3v) is 4.27. The van der Waals surface area contributed by atoms with Gasteiger partial charge < -0.3 is 15.3 Å². The second-order valence-electron chi connectivity index (χ2n) is 6.19. The molecule has 1 rings (SSSR count). The Morgan fingerprint density at radius 1 is 1.45 bits per heavy atom. The topological polar surface area (TPSA) is 47.9 Å². The Kier molecular flexibility index (Phi) is 9.16. The lowest BCUT2D eigenvalue weighted by Crippen LogP contribution is -2.38. The van der Waals surface area contributed by atoms with Crippen LogP contribution in [0.2, 0.25) is 0 Å². The molecule has 0 amide bonds. The van der Waals surface area contributed by atoms with E-state index >= 15 is 0 Å². The quantitative estimate of drug-likeness (QED) is 0.541. The molecule has 0 aliphatic carbocycles. The van der Waals surface area contributed by atoms with Gasteiger partial charge in [-0.05, 0) is 54.0 Å². The highest BCUT2D eigenvalue weighted by molar-refractivity contribution is 7.07. The maximum Gasteiger partial charge on any atom is 0.193 e. The molecule has 0 bridgehead atoms. The monoisotopic (exact) mass is 325 g/mol. The van der Waals surface area contributed by atoms with Crippen LogP contribution in [0.25, 0.3) is 0 Å². The minimum absolute atomic E-state index is 0.244. The Labute approximate surface area is 139 Å². The van der Waals surface area contributed by atoms with Gasteiger partial charge in [-0.25, -0.2) is 0 Å². The molecule has 126 valence electrons. The first-order chi connectivity index (χ1) is 10.6. The molecule has 1 aromatic heterocycles. The summed E-state index contributed by atoms with van der Waals surface area (Å²) in [6, 6.07) is 2.15. The summed E-state index contributed by atoms with van der Waals surface area (Å²) in [7, 11) is 2.07. The molecule has 0 saturated heterocycles. The number of aliphatic hydroxyl groups is 1. The first-order valence-corrected chi connectivity index (χ1v) is 9.12. The smallest absolute Gasteiger partial charge is 0.193 e. The summed E-state index contributed by atoms with van der Waals surface area (Å²) in [5.41, 5.74) is 1.31. The number of aliphatic imine (C=N–C) groups is 1. The third-order valence-electron chi connectivity index (χ3n) is 3.54. The van der Waals surface area contributed by atoms with Crippen molar-refractivity contribution in [3.05, 3.63) is 22.4 Å². The average molecular weight is 326 g/mol. The minimum atomic E-state index is 0.244. The molecule has 1 aromatic rings. The summed E-state index contributed by atoms with van der Waals surface area (Å²) in [6.07, 6.45) is 1.94. The normalized spacial score (nSPS) is 13.5. The van der Waals surface area contributed by atoms with Gasteiger partial charge >= 0.3 is 0 Å². The molecule has 0 aliphatic rings. The van der Waals surface area contributed by atoms with Crippen molar-refractivity contribution in [3.63, 3.8) is 0 Å². The molecule has 0 aromatic carbocycles. The summed E-state index contributed by atoms with van der Waals surface area (Å²) in [5, 5.41) is 16.9. The van der Waals surface area contributed by atoms with Gasteiger partial charge in [0.1, 0.15) is 0 Å². The van der Waals surface area contributed by atoms with E-state index in [1.807, 2.05) is 0 Å². The lowest BCUT2D eigenvalue weighted by atomic mass is 9.94. The Morgan fingerprint density at radius 3 is 2.77 bits per heavy atom. The lowest BCUT2D eigenvalue weighted by Gasteiger charge is -2.23. The average Bonchev–Trinajstić information content (AvgIpc) is 2.95. The fourth-order valence-corrected chi connectivity index (χ4v) is 3.21. The van der Waals surface area contributed by atoms with Crippen LogP contribution in [0.5, 0.6) is 0 Å². The maximum atomic E-state index is 9.23. The Balaban J connectivity index is 2.65. The molecule has 0 radical (unpaired) electrons. The van der Waals surface area contributed by atoms with E-state index in [1.165, 1.54) is 5.56 Å². The summed E-state index contributed by atoms with van der Waals surface area (Å²) in [6.45, 7) is 9.28. The number of nitrogens with one attached hydrogen (secondary N) is 1. The lowest BCUT2D eigenvalue weighted by molar-refractivity contribution is 0.245. The molecular formula is C17H31N3OS. The molecular weight excluding hydrogens is 294 g/mol. The Hall–Kier alpha value is -1.07. The van der Waals surface area contributed by atoms with Crippen molar-refractivity contribution >= 4 is 17.3 Å². The number of hydrogen-bond acceptors (Lipinski definition) is 3. The molecule has 4 nitrogen and oxygen atoms in total. The predicted octanol–water partition coefficient (Wildman–Crippen LogP) is 3.19. The van der Waals surface area contributed by atoms with Gasteiger partial charge in [-0.2, -0.15) is 11.3 Å². The van der Waals surface area contributed by atoms with Crippen molar-refractivity contribution in [2.24, 2.45) is 16.8 Å². The van der Waals surface area contributed by atoms with Crippen molar-refractivity contribution in [3.8, 4) is 0 Å². The van der Waals surface area contributed by atoms with Gasteiger partial charge in [0.15, 0.2) is 5.96 Å². The number of nitrogens with zero attached hydrogens (tertiary/aromatic N) is 2. The zero-order valence-electron chi connectivity index (χ0n) is 14.4. The summed E-state index contributed by atoms with van der Waals surface area (Å²) < 4.78 is 0. The fraction of sp³-hybridized carbons (Fsp3) is 0.706. The van der Waals surface area contributed by atoms with Crippen LogP contribution >= 0.6 is 11.3 Å². The van der Waals surface area contributed by atoms with Gasteiger partial charge in [-0.1, -0.05) is 13.8 Å². The predicted molar refractivity (Wildman–Crippen MR) is 96.4 cm³/mol. The van der Waals surface area contributed by atoms with Crippen LogP contribution in [0.15, 0.2) is 21.8 Å². The van der Waals surface area contributed by atoms with Crippen LogP contribution in [0.1, 0.15) is 39.2 Å². The van der Waals surface area contributed by atoms with Gasteiger partial charge in [-0.15, -0.1) is 0 Å². The van der Waals surface area contributed by atoms with E-state index in [0.717, 1.165) is 38.4 Å². The van der Waals surface area contributed by atoms with Crippen LogP contribution in [-0.4, -0.2) is 42.7 Å². The second-order valence-corrected chi connectivity index (χ2v) is 6.97. The molecule has 1 heterocycles. The van der Waals surface area contributed by atoms with Gasteiger partial charge in [0.05, 0.1) is 0 Å². The highest BCUT2D eigenvalue weighted by atomic mass is 32.1.